The highest BCUT2D eigenvalue weighted by molar-refractivity contribution is 5.85. The van der Waals surface area contributed by atoms with Crippen LogP contribution in [0.5, 0.6) is 0 Å². The first-order valence-electron chi connectivity index (χ1n) is 5.33. The summed E-state index contributed by atoms with van der Waals surface area (Å²) in [6, 6.07) is 16.1. The maximum absolute atomic E-state index is 9.64. The Balaban J connectivity index is 2.34. The van der Waals surface area contributed by atoms with Crippen LogP contribution < -0.4 is 0 Å². The highest BCUT2D eigenvalue weighted by Crippen LogP contribution is 2.20. The molecule has 1 atom stereocenters. The average Bonchev–Trinajstić information content (AvgIpc) is 2.30. The van der Waals surface area contributed by atoms with Crippen molar-refractivity contribution in [2.45, 2.75) is 18.9 Å². The molecule has 0 unspecified atom stereocenters. The predicted molar refractivity (Wildman–Crippen MR) is 63.9 cm³/mol. The normalized spacial score (nSPS) is 12.2. The van der Waals surface area contributed by atoms with Crippen molar-refractivity contribution in [2.75, 3.05) is 0 Å². The number of aliphatic hydroxyl groups is 1. The highest BCUT2D eigenvalue weighted by Gasteiger charge is 2.07. The van der Waals surface area contributed by atoms with Crippen LogP contribution in [0.2, 0.25) is 0 Å². The lowest BCUT2D eigenvalue weighted by molar-refractivity contribution is 0.180. The lowest BCUT2D eigenvalue weighted by atomic mass is 9.99. The summed E-state index contributed by atoms with van der Waals surface area (Å²) in [5, 5.41) is 20.5. The molecule has 0 spiro atoms. The summed E-state index contributed by atoms with van der Waals surface area (Å²) in [5.74, 6) is 0. The SMILES string of the molecule is N#CC[C@H](O)Cc1cccc2ccccc12. The summed E-state index contributed by atoms with van der Waals surface area (Å²) in [4.78, 5) is 0. The minimum Gasteiger partial charge on any atom is -0.392 e. The van der Waals surface area contributed by atoms with Gasteiger partial charge in [-0.25, -0.2) is 0 Å². The molecular weight excluding hydrogens is 198 g/mol. The first-order chi connectivity index (χ1) is 7.81. The third-order valence-electron chi connectivity index (χ3n) is 2.66. The number of benzene rings is 2. The summed E-state index contributed by atoms with van der Waals surface area (Å²) in [6.45, 7) is 0. The molecule has 80 valence electrons. The van der Waals surface area contributed by atoms with Crippen LogP contribution in [0, 0.1) is 11.3 Å². The summed E-state index contributed by atoms with van der Waals surface area (Å²) in [7, 11) is 0. The lowest BCUT2D eigenvalue weighted by Crippen LogP contribution is -2.09. The molecule has 2 nitrogen and oxygen atoms in total. The second-order valence-electron chi connectivity index (χ2n) is 3.86. The van der Waals surface area contributed by atoms with Crippen molar-refractivity contribution in [1.29, 1.82) is 5.26 Å². The van der Waals surface area contributed by atoms with Crippen LogP contribution in [0.15, 0.2) is 42.5 Å². The quantitative estimate of drug-likeness (QED) is 0.848. The number of nitrogens with zero attached hydrogens (tertiary/aromatic N) is 1. The summed E-state index contributed by atoms with van der Waals surface area (Å²) in [6.07, 6.45) is 0.147. The fourth-order valence-corrected chi connectivity index (χ4v) is 1.90. The van der Waals surface area contributed by atoms with E-state index in [0.29, 0.717) is 6.42 Å². The van der Waals surface area contributed by atoms with Crippen LogP contribution in [-0.4, -0.2) is 11.2 Å². The van der Waals surface area contributed by atoms with Gasteiger partial charge in [-0.05, 0) is 22.8 Å². The van der Waals surface area contributed by atoms with Gasteiger partial charge in [-0.3, -0.25) is 0 Å². The van der Waals surface area contributed by atoms with Gasteiger partial charge >= 0.3 is 0 Å². The molecule has 0 aromatic heterocycles. The van der Waals surface area contributed by atoms with E-state index in [1.165, 1.54) is 5.39 Å². The Labute approximate surface area is 94.8 Å². The van der Waals surface area contributed by atoms with E-state index in [-0.39, 0.29) is 6.42 Å². The number of fused-ring (bicyclic) bond motifs is 1. The van der Waals surface area contributed by atoms with Gasteiger partial charge in [-0.2, -0.15) is 5.26 Å². The number of hydrogen-bond donors (Lipinski definition) is 1. The Morgan fingerprint density at radius 2 is 1.88 bits per heavy atom. The van der Waals surface area contributed by atoms with Crippen LogP contribution in [0.1, 0.15) is 12.0 Å². The largest absolute Gasteiger partial charge is 0.392 e. The molecule has 0 radical (unpaired) electrons. The van der Waals surface area contributed by atoms with Crippen LogP contribution >= 0.6 is 0 Å². The second kappa shape index (κ2) is 4.78. The molecule has 2 heteroatoms. The van der Waals surface area contributed by atoms with E-state index in [0.717, 1.165) is 10.9 Å². The van der Waals surface area contributed by atoms with Crippen LogP contribution in [-0.2, 0) is 6.42 Å². The van der Waals surface area contributed by atoms with Gasteiger partial charge in [0.25, 0.3) is 0 Å². The maximum atomic E-state index is 9.64. The van der Waals surface area contributed by atoms with Gasteiger partial charge < -0.3 is 5.11 Å². The molecule has 0 saturated carbocycles. The van der Waals surface area contributed by atoms with Crippen molar-refractivity contribution in [3.05, 3.63) is 48.0 Å². The molecule has 0 aliphatic carbocycles. The molecule has 2 aromatic carbocycles. The molecular formula is C14H13NO. The van der Waals surface area contributed by atoms with E-state index < -0.39 is 6.10 Å². The Kier molecular flexibility index (Phi) is 3.19. The zero-order valence-electron chi connectivity index (χ0n) is 8.93. The van der Waals surface area contributed by atoms with E-state index in [2.05, 4.69) is 12.1 Å². The van der Waals surface area contributed by atoms with Gasteiger partial charge in [-0.1, -0.05) is 42.5 Å². The number of rotatable bonds is 3. The van der Waals surface area contributed by atoms with Gasteiger partial charge in [0.1, 0.15) is 0 Å². The zero-order valence-corrected chi connectivity index (χ0v) is 8.93. The standard InChI is InChI=1S/C14H13NO/c15-9-8-13(16)10-12-6-3-5-11-4-1-2-7-14(11)12/h1-7,13,16H,8,10H2/t13-/m0/s1. The second-order valence-corrected chi connectivity index (χ2v) is 3.86. The molecule has 0 aliphatic heterocycles. The Morgan fingerprint density at radius 3 is 2.69 bits per heavy atom. The Bertz CT molecular complexity index is 522. The average molecular weight is 211 g/mol. The van der Waals surface area contributed by atoms with Crippen molar-refractivity contribution in [1.82, 2.24) is 0 Å². The van der Waals surface area contributed by atoms with Crippen molar-refractivity contribution in [2.24, 2.45) is 0 Å². The van der Waals surface area contributed by atoms with E-state index in [4.69, 9.17) is 5.26 Å². The van der Waals surface area contributed by atoms with E-state index >= 15 is 0 Å². The molecule has 1 N–H and O–H groups in total. The number of hydrogen-bond acceptors (Lipinski definition) is 2. The molecule has 0 fully saturated rings. The topological polar surface area (TPSA) is 44.0 Å². The van der Waals surface area contributed by atoms with Crippen LogP contribution in [0.3, 0.4) is 0 Å². The molecule has 0 aliphatic rings. The van der Waals surface area contributed by atoms with E-state index in [9.17, 15) is 5.11 Å². The fraction of sp³-hybridized carbons (Fsp3) is 0.214. The van der Waals surface area contributed by atoms with E-state index in [1.54, 1.807) is 0 Å². The van der Waals surface area contributed by atoms with Crippen molar-refractivity contribution in [3.8, 4) is 6.07 Å². The molecule has 0 amide bonds. The zero-order chi connectivity index (χ0) is 11.4. The molecule has 16 heavy (non-hydrogen) atoms. The molecule has 0 saturated heterocycles. The first kappa shape index (κ1) is 10.7. The summed E-state index contributed by atoms with van der Waals surface area (Å²) >= 11 is 0. The van der Waals surface area contributed by atoms with Gasteiger partial charge in [0.05, 0.1) is 18.6 Å². The third-order valence-corrected chi connectivity index (χ3v) is 2.66. The van der Waals surface area contributed by atoms with Gasteiger partial charge in [-0.15, -0.1) is 0 Å². The molecule has 2 aromatic rings. The van der Waals surface area contributed by atoms with Crippen LogP contribution in [0.4, 0.5) is 0 Å². The monoisotopic (exact) mass is 211 g/mol. The van der Waals surface area contributed by atoms with Crippen molar-refractivity contribution >= 4 is 10.8 Å². The summed E-state index contributed by atoms with van der Waals surface area (Å²) in [5.41, 5.74) is 1.10. The molecule has 0 heterocycles. The maximum Gasteiger partial charge on any atom is 0.0710 e. The highest BCUT2D eigenvalue weighted by atomic mass is 16.3. The smallest absolute Gasteiger partial charge is 0.0710 e. The predicted octanol–water partition coefficient (Wildman–Crippen LogP) is 2.66. The minimum atomic E-state index is -0.573. The summed E-state index contributed by atoms with van der Waals surface area (Å²) < 4.78 is 0. The van der Waals surface area contributed by atoms with Crippen molar-refractivity contribution in [3.63, 3.8) is 0 Å². The Hall–Kier alpha value is -1.85. The first-order valence-corrected chi connectivity index (χ1v) is 5.33. The van der Waals surface area contributed by atoms with Crippen LogP contribution in [0.25, 0.3) is 10.8 Å². The number of aliphatic hydroxyl groups excluding tert-OH is 1. The Morgan fingerprint density at radius 1 is 1.12 bits per heavy atom. The number of nitriles is 1. The van der Waals surface area contributed by atoms with Crippen molar-refractivity contribution < 1.29 is 5.11 Å². The fourth-order valence-electron chi connectivity index (χ4n) is 1.90. The third kappa shape index (κ3) is 2.21. The van der Waals surface area contributed by atoms with Gasteiger partial charge in [0.2, 0.25) is 0 Å². The van der Waals surface area contributed by atoms with Gasteiger partial charge in [0.15, 0.2) is 0 Å². The minimum absolute atomic E-state index is 0.184. The lowest BCUT2D eigenvalue weighted by Gasteiger charge is -2.09. The van der Waals surface area contributed by atoms with E-state index in [1.807, 2.05) is 36.4 Å². The molecule has 0 bridgehead atoms. The van der Waals surface area contributed by atoms with Gasteiger partial charge in [0, 0.05) is 0 Å². The molecule has 2 rings (SSSR count).